The van der Waals surface area contributed by atoms with E-state index in [1.807, 2.05) is 42.5 Å². The molecular weight excluding hydrogens is 392 g/mol. The van der Waals surface area contributed by atoms with Crippen LogP contribution in [0, 0.1) is 0 Å². The molecule has 2 aromatic carbocycles. The fourth-order valence-electron chi connectivity index (χ4n) is 3.36. The van der Waals surface area contributed by atoms with Gasteiger partial charge < -0.3 is 18.9 Å². The highest BCUT2D eigenvalue weighted by atomic mass is 16.5. The Hall–Kier alpha value is -3.54. The molecule has 0 fully saturated rings. The van der Waals surface area contributed by atoms with Gasteiger partial charge in [-0.15, -0.1) is 0 Å². The molecule has 0 atom stereocenters. The number of hydrogen-bond donors (Lipinski definition) is 0. The molecule has 1 heterocycles. The van der Waals surface area contributed by atoms with Gasteiger partial charge in [-0.25, -0.2) is 0 Å². The van der Waals surface area contributed by atoms with E-state index in [2.05, 4.69) is 6.92 Å². The topological polar surface area (TPSA) is 60.8 Å². The Labute approximate surface area is 182 Å². The molecule has 0 bridgehead atoms. The zero-order valence-corrected chi connectivity index (χ0v) is 18.2. The van der Waals surface area contributed by atoms with Gasteiger partial charge in [0.05, 0.1) is 26.3 Å². The highest BCUT2D eigenvalue weighted by molar-refractivity contribution is 6.05. The molecule has 0 N–H and O–H groups in total. The maximum atomic E-state index is 13.3. The van der Waals surface area contributed by atoms with Crippen molar-refractivity contribution in [1.82, 2.24) is 4.57 Å². The van der Waals surface area contributed by atoms with Crippen LogP contribution in [0.1, 0.15) is 35.7 Å². The summed E-state index contributed by atoms with van der Waals surface area (Å²) in [6.45, 7) is 3.01. The second kappa shape index (κ2) is 10.5. The van der Waals surface area contributed by atoms with E-state index in [9.17, 15) is 9.59 Å². The smallest absolute Gasteiger partial charge is 0.259 e. The van der Waals surface area contributed by atoms with Crippen molar-refractivity contribution in [2.24, 2.45) is 0 Å². The number of nitrogens with zero attached hydrogens (tertiary/aromatic N) is 2. The molecule has 1 aromatic heterocycles. The van der Waals surface area contributed by atoms with E-state index in [1.54, 1.807) is 37.4 Å². The second-order valence-electron chi connectivity index (χ2n) is 7.25. The Bertz CT molecular complexity index is 1050. The van der Waals surface area contributed by atoms with Gasteiger partial charge >= 0.3 is 0 Å². The summed E-state index contributed by atoms with van der Waals surface area (Å²) in [5.41, 5.74) is 1.97. The number of para-hydroxylation sites is 1. The largest absolute Gasteiger partial charge is 0.497 e. The number of methoxy groups -OCH3 is 2. The first-order chi connectivity index (χ1) is 15.0. The number of carbonyl (C=O) groups is 1. The molecule has 0 saturated heterocycles. The first-order valence-corrected chi connectivity index (χ1v) is 10.3. The number of pyridine rings is 1. The molecule has 0 unspecified atom stereocenters. The molecule has 1 amide bonds. The van der Waals surface area contributed by atoms with Gasteiger partial charge in [0.25, 0.3) is 11.5 Å². The Morgan fingerprint density at radius 1 is 0.968 bits per heavy atom. The van der Waals surface area contributed by atoms with Crippen molar-refractivity contribution in [3.8, 4) is 11.5 Å². The average Bonchev–Trinajstić information content (AvgIpc) is 2.81. The predicted octanol–water partition coefficient (Wildman–Crippen LogP) is 4.36. The van der Waals surface area contributed by atoms with Crippen molar-refractivity contribution in [2.75, 3.05) is 25.7 Å². The van der Waals surface area contributed by atoms with E-state index >= 15 is 0 Å². The lowest BCUT2D eigenvalue weighted by atomic mass is 10.1. The SMILES string of the molecule is CCCCN(C(=O)c1ccc(=O)n(Cc2cc(OC)cc(OC)c2)c1)c1ccccc1. The number of hydrogen-bond acceptors (Lipinski definition) is 4. The molecule has 0 aliphatic rings. The van der Waals surface area contributed by atoms with Crippen LogP contribution >= 0.6 is 0 Å². The van der Waals surface area contributed by atoms with Gasteiger partial charge in [0.1, 0.15) is 11.5 Å². The standard InChI is InChI=1S/C25H28N2O4/c1-4-5-13-27(21-9-7-6-8-10-21)25(29)20-11-12-24(28)26(18-20)17-19-14-22(30-2)16-23(15-19)31-3/h6-12,14-16,18H,4-5,13,17H2,1-3H3. The van der Waals surface area contributed by atoms with Gasteiger partial charge in [-0.05, 0) is 42.3 Å². The van der Waals surface area contributed by atoms with Crippen LogP contribution in [-0.4, -0.2) is 31.2 Å². The maximum Gasteiger partial charge on any atom is 0.259 e. The van der Waals surface area contributed by atoms with Gasteiger partial charge in [0, 0.05) is 30.6 Å². The summed E-state index contributed by atoms with van der Waals surface area (Å²) in [6.07, 6.45) is 3.50. The number of anilines is 1. The molecule has 0 saturated carbocycles. The fourth-order valence-corrected chi connectivity index (χ4v) is 3.36. The van der Waals surface area contributed by atoms with Crippen LogP contribution in [0.4, 0.5) is 5.69 Å². The quantitative estimate of drug-likeness (QED) is 0.516. The number of amides is 1. The third kappa shape index (κ3) is 5.54. The summed E-state index contributed by atoms with van der Waals surface area (Å²) in [5.74, 6) is 1.16. The van der Waals surface area contributed by atoms with Crippen LogP contribution in [0.3, 0.4) is 0 Å². The van der Waals surface area contributed by atoms with Gasteiger partial charge in [-0.2, -0.15) is 0 Å². The second-order valence-corrected chi connectivity index (χ2v) is 7.25. The first kappa shape index (κ1) is 22.2. The minimum Gasteiger partial charge on any atom is -0.497 e. The Kier molecular flexibility index (Phi) is 7.49. The molecule has 0 radical (unpaired) electrons. The van der Waals surface area contributed by atoms with Crippen LogP contribution in [0.25, 0.3) is 0 Å². The van der Waals surface area contributed by atoms with Gasteiger partial charge in [0.2, 0.25) is 0 Å². The van der Waals surface area contributed by atoms with Crippen molar-refractivity contribution < 1.29 is 14.3 Å². The lowest BCUT2D eigenvalue weighted by molar-refractivity contribution is 0.0985. The van der Waals surface area contributed by atoms with E-state index in [-0.39, 0.29) is 11.5 Å². The summed E-state index contributed by atoms with van der Waals surface area (Å²) < 4.78 is 12.2. The molecule has 6 heteroatoms. The number of ether oxygens (including phenoxy) is 2. The lowest BCUT2D eigenvalue weighted by Gasteiger charge is -2.23. The lowest BCUT2D eigenvalue weighted by Crippen LogP contribution is -2.33. The predicted molar refractivity (Wildman–Crippen MR) is 122 cm³/mol. The van der Waals surface area contributed by atoms with Crippen LogP contribution in [0.2, 0.25) is 0 Å². The number of carbonyl (C=O) groups excluding carboxylic acids is 1. The zero-order valence-electron chi connectivity index (χ0n) is 18.2. The monoisotopic (exact) mass is 420 g/mol. The van der Waals surface area contributed by atoms with E-state index in [0.717, 1.165) is 24.1 Å². The van der Waals surface area contributed by atoms with Crippen molar-refractivity contribution in [2.45, 2.75) is 26.3 Å². The summed E-state index contributed by atoms with van der Waals surface area (Å²) in [4.78, 5) is 27.6. The molecule has 3 rings (SSSR count). The molecule has 0 aliphatic carbocycles. The van der Waals surface area contributed by atoms with E-state index in [4.69, 9.17) is 9.47 Å². The molecule has 0 aliphatic heterocycles. The Morgan fingerprint density at radius 3 is 2.26 bits per heavy atom. The molecule has 31 heavy (non-hydrogen) atoms. The Balaban J connectivity index is 1.92. The minimum absolute atomic E-state index is 0.128. The molecular formula is C25H28N2O4. The number of unbranched alkanes of at least 4 members (excludes halogenated alkanes) is 1. The fraction of sp³-hybridized carbons (Fsp3) is 0.280. The van der Waals surface area contributed by atoms with Crippen LogP contribution in [0.5, 0.6) is 11.5 Å². The first-order valence-electron chi connectivity index (χ1n) is 10.3. The highest BCUT2D eigenvalue weighted by Gasteiger charge is 2.18. The summed E-state index contributed by atoms with van der Waals surface area (Å²) in [5, 5.41) is 0. The van der Waals surface area contributed by atoms with E-state index < -0.39 is 0 Å². The van der Waals surface area contributed by atoms with Crippen molar-refractivity contribution in [3.63, 3.8) is 0 Å². The average molecular weight is 421 g/mol. The number of rotatable bonds is 9. The summed E-state index contributed by atoms with van der Waals surface area (Å²) in [7, 11) is 3.16. The van der Waals surface area contributed by atoms with Crippen molar-refractivity contribution in [1.29, 1.82) is 0 Å². The number of benzene rings is 2. The molecule has 6 nitrogen and oxygen atoms in total. The summed E-state index contributed by atoms with van der Waals surface area (Å²) >= 11 is 0. The highest BCUT2D eigenvalue weighted by Crippen LogP contribution is 2.23. The molecule has 0 spiro atoms. The zero-order chi connectivity index (χ0) is 22.2. The van der Waals surface area contributed by atoms with Crippen LogP contribution in [0.15, 0.2) is 71.7 Å². The Morgan fingerprint density at radius 2 is 1.65 bits per heavy atom. The van der Waals surface area contributed by atoms with Crippen LogP contribution < -0.4 is 19.9 Å². The van der Waals surface area contributed by atoms with Crippen molar-refractivity contribution in [3.05, 3.63) is 88.3 Å². The van der Waals surface area contributed by atoms with Gasteiger partial charge in [0.15, 0.2) is 0 Å². The molecule has 3 aromatic rings. The normalized spacial score (nSPS) is 10.5. The van der Waals surface area contributed by atoms with E-state index in [1.165, 1.54) is 10.6 Å². The number of aromatic nitrogens is 1. The molecule has 162 valence electrons. The van der Waals surface area contributed by atoms with Gasteiger partial charge in [-0.1, -0.05) is 31.5 Å². The summed E-state index contributed by atoms with van der Waals surface area (Å²) in [6, 6.07) is 18.1. The minimum atomic E-state index is -0.182. The van der Waals surface area contributed by atoms with Crippen molar-refractivity contribution >= 4 is 11.6 Å². The van der Waals surface area contributed by atoms with Crippen LogP contribution in [-0.2, 0) is 6.54 Å². The third-order valence-corrected chi connectivity index (χ3v) is 5.04. The maximum absolute atomic E-state index is 13.3. The van der Waals surface area contributed by atoms with Gasteiger partial charge in [-0.3, -0.25) is 9.59 Å². The van der Waals surface area contributed by atoms with E-state index in [0.29, 0.717) is 30.2 Å². The third-order valence-electron chi connectivity index (χ3n) is 5.04.